The second kappa shape index (κ2) is 5.65. The summed E-state index contributed by atoms with van der Waals surface area (Å²) in [5.74, 6) is 0.126. The third kappa shape index (κ3) is 4.36. The van der Waals surface area contributed by atoms with Gasteiger partial charge in [-0.05, 0) is 25.8 Å². The lowest BCUT2D eigenvalue weighted by atomic mass is 10.1. The zero-order chi connectivity index (χ0) is 10.4. The predicted molar refractivity (Wildman–Crippen MR) is 54.4 cm³/mol. The lowest BCUT2D eigenvalue weighted by Gasteiger charge is -2.22. The molecule has 0 unspecified atom stereocenters. The Bertz CT molecular complexity index is 247. The minimum absolute atomic E-state index is 0.0477. The van der Waals surface area contributed by atoms with Gasteiger partial charge in [0.2, 0.25) is 10.0 Å². The van der Waals surface area contributed by atoms with Crippen LogP contribution in [0.4, 0.5) is 0 Å². The van der Waals surface area contributed by atoms with Crippen LogP contribution in [0.25, 0.3) is 0 Å². The molecule has 0 saturated carbocycles. The Morgan fingerprint density at radius 3 is 2.57 bits per heavy atom. The SMILES string of the molecule is NCCCS(=O)(=O)NC1CCOCC1. The fraction of sp³-hybridized carbons (Fsp3) is 1.00. The molecule has 6 heteroatoms. The van der Waals surface area contributed by atoms with Gasteiger partial charge in [-0.1, -0.05) is 0 Å². The highest BCUT2D eigenvalue weighted by Crippen LogP contribution is 2.07. The smallest absolute Gasteiger partial charge is 0.211 e. The molecule has 84 valence electrons. The maximum Gasteiger partial charge on any atom is 0.211 e. The van der Waals surface area contributed by atoms with Gasteiger partial charge < -0.3 is 10.5 Å². The predicted octanol–water partition coefficient (Wildman–Crippen LogP) is -0.566. The average molecular weight is 222 g/mol. The molecule has 0 atom stereocenters. The first-order chi connectivity index (χ1) is 6.64. The molecule has 0 spiro atoms. The number of rotatable bonds is 5. The van der Waals surface area contributed by atoms with E-state index in [2.05, 4.69) is 4.72 Å². The Balaban J connectivity index is 2.33. The van der Waals surface area contributed by atoms with Crippen molar-refractivity contribution in [2.75, 3.05) is 25.5 Å². The number of nitrogens with one attached hydrogen (secondary N) is 1. The summed E-state index contributed by atoms with van der Waals surface area (Å²) in [6.45, 7) is 1.70. The van der Waals surface area contributed by atoms with Crippen LogP contribution in [0.5, 0.6) is 0 Å². The normalized spacial score (nSPS) is 19.8. The summed E-state index contributed by atoms with van der Waals surface area (Å²) in [5, 5.41) is 0. The largest absolute Gasteiger partial charge is 0.381 e. The number of nitrogens with two attached hydrogens (primary N) is 1. The molecule has 14 heavy (non-hydrogen) atoms. The van der Waals surface area contributed by atoms with Crippen molar-refractivity contribution in [3.8, 4) is 0 Å². The summed E-state index contributed by atoms with van der Waals surface area (Å²) in [6, 6.07) is 0.0477. The first-order valence-electron chi connectivity index (χ1n) is 4.92. The maximum absolute atomic E-state index is 11.5. The first-order valence-corrected chi connectivity index (χ1v) is 6.57. The van der Waals surface area contributed by atoms with Crippen LogP contribution in [-0.4, -0.2) is 40.0 Å². The van der Waals surface area contributed by atoms with E-state index in [0.29, 0.717) is 26.2 Å². The summed E-state index contributed by atoms with van der Waals surface area (Å²) in [4.78, 5) is 0. The lowest BCUT2D eigenvalue weighted by molar-refractivity contribution is 0.0832. The van der Waals surface area contributed by atoms with Gasteiger partial charge in [-0.3, -0.25) is 0 Å². The minimum atomic E-state index is -3.13. The van der Waals surface area contributed by atoms with E-state index in [1.54, 1.807) is 0 Å². The van der Waals surface area contributed by atoms with Crippen LogP contribution in [0.15, 0.2) is 0 Å². The molecule has 0 aliphatic carbocycles. The van der Waals surface area contributed by atoms with E-state index in [1.165, 1.54) is 0 Å². The van der Waals surface area contributed by atoms with Crippen LogP contribution in [0.2, 0.25) is 0 Å². The lowest BCUT2D eigenvalue weighted by Crippen LogP contribution is -2.40. The molecule has 3 N–H and O–H groups in total. The van der Waals surface area contributed by atoms with Crippen molar-refractivity contribution in [2.45, 2.75) is 25.3 Å². The Morgan fingerprint density at radius 1 is 1.36 bits per heavy atom. The molecule has 0 bridgehead atoms. The minimum Gasteiger partial charge on any atom is -0.381 e. The maximum atomic E-state index is 11.5. The van der Waals surface area contributed by atoms with Crippen molar-refractivity contribution in [3.05, 3.63) is 0 Å². The van der Waals surface area contributed by atoms with E-state index >= 15 is 0 Å². The first kappa shape index (κ1) is 11.9. The molecule has 1 rings (SSSR count). The third-order valence-corrected chi connectivity index (χ3v) is 3.70. The molecule has 1 saturated heterocycles. The second-order valence-electron chi connectivity index (χ2n) is 3.47. The molecule has 0 aromatic carbocycles. The second-order valence-corrected chi connectivity index (χ2v) is 5.34. The van der Waals surface area contributed by atoms with Crippen LogP contribution in [0.1, 0.15) is 19.3 Å². The number of sulfonamides is 1. The Labute approximate surface area is 85.1 Å². The van der Waals surface area contributed by atoms with E-state index in [4.69, 9.17) is 10.5 Å². The number of hydrogen-bond donors (Lipinski definition) is 2. The van der Waals surface area contributed by atoms with Crippen LogP contribution >= 0.6 is 0 Å². The highest BCUT2D eigenvalue weighted by molar-refractivity contribution is 7.89. The molecule has 1 heterocycles. The fourth-order valence-electron chi connectivity index (χ4n) is 1.40. The van der Waals surface area contributed by atoms with Crippen molar-refractivity contribution < 1.29 is 13.2 Å². The Hall–Kier alpha value is -0.170. The van der Waals surface area contributed by atoms with E-state index in [1.807, 2.05) is 0 Å². The van der Waals surface area contributed by atoms with Crippen molar-refractivity contribution in [3.63, 3.8) is 0 Å². The standard InChI is InChI=1S/C8H18N2O3S/c9-4-1-7-14(11,12)10-8-2-5-13-6-3-8/h8,10H,1-7,9H2. The molecule has 1 fully saturated rings. The van der Waals surface area contributed by atoms with Crippen LogP contribution in [-0.2, 0) is 14.8 Å². The van der Waals surface area contributed by atoms with E-state index < -0.39 is 10.0 Å². The molecule has 1 aliphatic heterocycles. The summed E-state index contributed by atoms with van der Waals surface area (Å²) in [5.41, 5.74) is 5.26. The molecular weight excluding hydrogens is 204 g/mol. The van der Waals surface area contributed by atoms with Crippen molar-refractivity contribution in [1.82, 2.24) is 4.72 Å². The molecule has 5 nitrogen and oxygen atoms in total. The molecule has 1 aliphatic rings. The molecule has 0 aromatic heterocycles. The monoisotopic (exact) mass is 222 g/mol. The van der Waals surface area contributed by atoms with E-state index in [-0.39, 0.29) is 11.8 Å². The molecular formula is C8H18N2O3S. The van der Waals surface area contributed by atoms with Gasteiger partial charge in [-0.2, -0.15) is 0 Å². The summed E-state index contributed by atoms with van der Waals surface area (Å²) in [7, 11) is -3.13. The van der Waals surface area contributed by atoms with Crippen molar-refractivity contribution in [2.24, 2.45) is 5.73 Å². The van der Waals surface area contributed by atoms with Gasteiger partial charge in [-0.15, -0.1) is 0 Å². The highest BCUT2D eigenvalue weighted by Gasteiger charge is 2.19. The average Bonchev–Trinajstić information content (AvgIpc) is 2.16. The Morgan fingerprint density at radius 2 is 2.00 bits per heavy atom. The van der Waals surface area contributed by atoms with Gasteiger partial charge in [0.1, 0.15) is 0 Å². The van der Waals surface area contributed by atoms with Crippen molar-refractivity contribution in [1.29, 1.82) is 0 Å². The summed E-state index contributed by atoms with van der Waals surface area (Å²) >= 11 is 0. The van der Waals surface area contributed by atoms with Crippen LogP contribution in [0.3, 0.4) is 0 Å². The summed E-state index contributed by atoms with van der Waals surface area (Å²) < 4.78 is 30.7. The van der Waals surface area contributed by atoms with Gasteiger partial charge in [0.25, 0.3) is 0 Å². The fourth-order valence-corrected chi connectivity index (χ4v) is 2.81. The van der Waals surface area contributed by atoms with E-state index in [9.17, 15) is 8.42 Å². The van der Waals surface area contributed by atoms with Gasteiger partial charge >= 0.3 is 0 Å². The van der Waals surface area contributed by atoms with Crippen molar-refractivity contribution >= 4 is 10.0 Å². The molecule has 0 radical (unpaired) electrons. The Kier molecular flexibility index (Phi) is 4.80. The van der Waals surface area contributed by atoms with Crippen LogP contribution in [0, 0.1) is 0 Å². The third-order valence-electron chi connectivity index (χ3n) is 2.18. The topological polar surface area (TPSA) is 81.4 Å². The quantitative estimate of drug-likeness (QED) is 0.653. The molecule has 0 amide bonds. The summed E-state index contributed by atoms with van der Waals surface area (Å²) in [6.07, 6.45) is 2.04. The van der Waals surface area contributed by atoms with Gasteiger partial charge in [-0.25, -0.2) is 13.1 Å². The number of hydrogen-bond acceptors (Lipinski definition) is 4. The zero-order valence-corrected chi connectivity index (χ0v) is 9.05. The highest BCUT2D eigenvalue weighted by atomic mass is 32.2. The van der Waals surface area contributed by atoms with Gasteiger partial charge in [0.15, 0.2) is 0 Å². The van der Waals surface area contributed by atoms with Gasteiger partial charge in [0, 0.05) is 19.3 Å². The molecule has 0 aromatic rings. The van der Waals surface area contributed by atoms with E-state index in [0.717, 1.165) is 12.8 Å². The van der Waals surface area contributed by atoms with Gasteiger partial charge in [0.05, 0.1) is 5.75 Å². The van der Waals surface area contributed by atoms with Crippen LogP contribution < -0.4 is 10.5 Å². The zero-order valence-electron chi connectivity index (χ0n) is 8.24. The number of ether oxygens (including phenoxy) is 1.